The molecule has 0 aliphatic heterocycles. The molecule has 0 aliphatic carbocycles. The summed E-state index contributed by atoms with van der Waals surface area (Å²) in [5, 5.41) is 24.3. The fourth-order valence-electron chi connectivity index (χ4n) is 2.02. The largest absolute Gasteiger partial charge is 0.504 e. The molecule has 0 unspecified atom stereocenters. The first kappa shape index (κ1) is 14.2. The topological polar surface area (TPSA) is 77.7 Å². The van der Waals surface area contributed by atoms with Crippen molar-refractivity contribution in [2.45, 2.75) is 0 Å². The van der Waals surface area contributed by atoms with Gasteiger partial charge in [-0.3, -0.25) is 10.4 Å². The van der Waals surface area contributed by atoms with Gasteiger partial charge in [0.05, 0.1) is 17.4 Å². The quantitative estimate of drug-likeness (QED) is 0.391. The third kappa shape index (κ3) is 2.94. The van der Waals surface area contributed by atoms with Crippen LogP contribution >= 0.6 is 11.6 Å². The Morgan fingerprint density at radius 3 is 2.73 bits per heavy atom. The number of hydrogen-bond acceptors (Lipinski definition) is 5. The van der Waals surface area contributed by atoms with Crippen LogP contribution in [0.1, 0.15) is 5.56 Å². The minimum atomic E-state index is -0.187. The molecule has 0 spiro atoms. The van der Waals surface area contributed by atoms with Gasteiger partial charge in [0.15, 0.2) is 11.5 Å². The third-order valence-electron chi connectivity index (χ3n) is 3.10. The number of fused-ring (bicyclic) bond motifs is 1. The second-order valence-corrected chi connectivity index (χ2v) is 5.07. The van der Waals surface area contributed by atoms with E-state index in [0.717, 1.165) is 16.6 Å². The lowest BCUT2D eigenvalue weighted by atomic mass is 10.2. The number of hydrazone groups is 1. The highest BCUT2D eigenvalue weighted by molar-refractivity contribution is 6.31. The van der Waals surface area contributed by atoms with Gasteiger partial charge in [0.1, 0.15) is 0 Å². The van der Waals surface area contributed by atoms with Crippen molar-refractivity contribution in [3.8, 4) is 11.5 Å². The van der Waals surface area contributed by atoms with E-state index in [-0.39, 0.29) is 11.5 Å². The van der Waals surface area contributed by atoms with Crippen LogP contribution in [0.5, 0.6) is 11.5 Å². The zero-order chi connectivity index (χ0) is 15.5. The van der Waals surface area contributed by atoms with Crippen LogP contribution in [0.25, 0.3) is 10.9 Å². The summed E-state index contributed by atoms with van der Waals surface area (Å²) in [5.41, 5.74) is 5.15. The van der Waals surface area contributed by atoms with E-state index in [4.69, 9.17) is 11.6 Å². The van der Waals surface area contributed by atoms with Crippen molar-refractivity contribution in [2.24, 2.45) is 5.10 Å². The number of benzene rings is 2. The first-order chi connectivity index (χ1) is 10.6. The smallest absolute Gasteiger partial charge is 0.158 e. The molecule has 0 bridgehead atoms. The van der Waals surface area contributed by atoms with Crippen LogP contribution < -0.4 is 5.43 Å². The Morgan fingerprint density at radius 1 is 1.05 bits per heavy atom. The maximum Gasteiger partial charge on any atom is 0.158 e. The molecule has 22 heavy (non-hydrogen) atoms. The van der Waals surface area contributed by atoms with E-state index in [2.05, 4.69) is 15.5 Å². The van der Waals surface area contributed by atoms with E-state index in [1.807, 2.05) is 12.1 Å². The van der Waals surface area contributed by atoms with Gasteiger partial charge in [-0.1, -0.05) is 11.6 Å². The zero-order valence-electron chi connectivity index (χ0n) is 11.4. The predicted octanol–water partition coefficient (Wildman–Crippen LogP) is 3.75. The Kier molecular flexibility index (Phi) is 3.80. The summed E-state index contributed by atoms with van der Waals surface area (Å²) >= 11 is 5.95. The SMILES string of the molecule is Oc1ccc(/C=N/Nc2ccnc3cc(Cl)ccc23)cc1O. The van der Waals surface area contributed by atoms with Gasteiger partial charge in [-0.2, -0.15) is 5.10 Å². The number of pyridine rings is 1. The molecule has 3 aromatic rings. The summed E-state index contributed by atoms with van der Waals surface area (Å²) < 4.78 is 0. The standard InChI is InChI=1S/C16H12ClN3O2/c17-11-2-3-12-13(5-6-18-14(12)8-11)20-19-9-10-1-4-15(21)16(22)7-10/h1-9,21-22H,(H,18,20)/b19-9+. The Bertz CT molecular complexity index is 865. The van der Waals surface area contributed by atoms with Crippen molar-refractivity contribution < 1.29 is 10.2 Å². The van der Waals surface area contributed by atoms with Crippen LogP contribution in [0, 0.1) is 0 Å². The molecule has 0 radical (unpaired) electrons. The van der Waals surface area contributed by atoms with E-state index in [1.54, 1.807) is 30.6 Å². The average Bonchev–Trinajstić information content (AvgIpc) is 2.50. The number of hydrogen-bond donors (Lipinski definition) is 3. The molecule has 0 saturated carbocycles. The maximum atomic E-state index is 9.43. The van der Waals surface area contributed by atoms with E-state index in [1.165, 1.54) is 12.1 Å². The number of aromatic hydroxyl groups is 2. The average molecular weight is 314 g/mol. The molecule has 1 aromatic heterocycles. The first-order valence-electron chi connectivity index (χ1n) is 6.49. The molecule has 0 amide bonds. The zero-order valence-corrected chi connectivity index (χ0v) is 12.1. The molecule has 0 saturated heterocycles. The van der Waals surface area contributed by atoms with Crippen molar-refractivity contribution in [3.05, 3.63) is 59.2 Å². The lowest BCUT2D eigenvalue weighted by Crippen LogP contribution is -1.92. The summed E-state index contributed by atoms with van der Waals surface area (Å²) in [6.45, 7) is 0. The highest BCUT2D eigenvalue weighted by Crippen LogP contribution is 2.25. The van der Waals surface area contributed by atoms with E-state index >= 15 is 0 Å². The van der Waals surface area contributed by atoms with E-state index in [9.17, 15) is 10.2 Å². The first-order valence-corrected chi connectivity index (χ1v) is 6.86. The molecule has 0 fully saturated rings. The number of anilines is 1. The Morgan fingerprint density at radius 2 is 1.91 bits per heavy atom. The molecular weight excluding hydrogens is 302 g/mol. The summed E-state index contributed by atoms with van der Waals surface area (Å²) in [6.07, 6.45) is 3.21. The Balaban J connectivity index is 1.84. The number of nitrogens with zero attached hydrogens (tertiary/aromatic N) is 2. The fourth-order valence-corrected chi connectivity index (χ4v) is 2.18. The second kappa shape index (κ2) is 5.91. The molecule has 3 rings (SSSR count). The summed E-state index contributed by atoms with van der Waals surface area (Å²) in [5.74, 6) is -0.352. The van der Waals surface area contributed by atoms with Crippen LogP contribution in [-0.4, -0.2) is 21.4 Å². The van der Waals surface area contributed by atoms with Gasteiger partial charge in [0.2, 0.25) is 0 Å². The van der Waals surface area contributed by atoms with Crippen LogP contribution in [0.4, 0.5) is 5.69 Å². The Hall–Kier alpha value is -2.79. The van der Waals surface area contributed by atoms with Gasteiger partial charge >= 0.3 is 0 Å². The molecule has 2 aromatic carbocycles. The molecular formula is C16H12ClN3O2. The van der Waals surface area contributed by atoms with Crippen molar-refractivity contribution in [3.63, 3.8) is 0 Å². The molecule has 0 aliphatic rings. The normalized spacial score (nSPS) is 11.1. The van der Waals surface area contributed by atoms with Crippen LogP contribution in [0.15, 0.2) is 53.8 Å². The number of nitrogens with one attached hydrogen (secondary N) is 1. The monoisotopic (exact) mass is 313 g/mol. The minimum absolute atomic E-state index is 0.165. The predicted molar refractivity (Wildman–Crippen MR) is 87.7 cm³/mol. The number of phenolic OH excluding ortho intramolecular Hbond substituents is 2. The van der Waals surface area contributed by atoms with Crippen molar-refractivity contribution in [1.82, 2.24) is 4.98 Å². The number of aromatic nitrogens is 1. The van der Waals surface area contributed by atoms with Crippen LogP contribution in [0.3, 0.4) is 0 Å². The second-order valence-electron chi connectivity index (χ2n) is 4.64. The van der Waals surface area contributed by atoms with Crippen molar-refractivity contribution >= 4 is 34.4 Å². The maximum absolute atomic E-state index is 9.43. The van der Waals surface area contributed by atoms with Crippen LogP contribution in [-0.2, 0) is 0 Å². The summed E-state index contributed by atoms with van der Waals surface area (Å²) in [7, 11) is 0. The van der Waals surface area contributed by atoms with Crippen LogP contribution in [0.2, 0.25) is 5.02 Å². The van der Waals surface area contributed by atoms with Gasteiger partial charge in [-0.05, 0) is 48.0 Å². The molecule has 1 heterocycles. The van der Waals surface area contributed by atoms with Gasteiger partial charge in [-0.25, -0.2) is 0 Å². The lowest BCUT2D eigenvalue weighted by Gasteiger charge is -2.05. The third-order valence-corrected chi connectivity index (χ3v) is 3.34. The molecule has 6 heteroatoms. The van der Waals surface area contributed by atoms with E-state index in [0.29, 0.717) is 10.6 Å². The van der Waals surface area contributed by atoms with E-state index < -0.39 is 0 Å². The van der Waals surface area contributed by atoms with Crippen molar-refractivity contribution in [1.29, 1.82) is 0 Å². The van der Waals surface area contributed by atoms with Crippen molar-refractivity contribution in [2.75, 3.05) is 5.43 Å². The number of halogens is 1. The highest BCUT2D eigenvalue weighted by Gasteiger charge is 2.02. The lowest BCUT2D eigenvalue weighted by molar-refractivity contribution is 0.403. The molecule has 3 N–H and O–H groups in total. The molecule has 110 valence electrons. The minimum Gasteiger partial charge on any atom is -0.504 e. The number of phenols is 2. The summed E-state index contributed by atoms with van der Waals surface area (Å²) in [4.78, 5) is 4.25. The molecule has 5 nitrogen and oxygen atoms in total. The summed E-state index contributed by atoms with van der Waals surface area (Å²) in [6, 6.07) is 11.7. The molecule has 0 atom stereocenters. The van der Waals surface area contributed by atoms with Gasteiger partial charge in [0.25, 0.3) is 0 Å². The Labute approximate surface area is 131 Å². The fraction of sp³-hybridized carbons (Fsp3) is 0. The van der Waals surface area contributed by atoms with Gasteiger partial charge in [-0.15, -0.1) is 0 Å². The van der Waals surface area contributed by atoms with Gasteiger partial charge < -0.3 is 10.2 Å². The van der Waals surface area contributed by atoms with Gasteiger partial charge in [0, 0.05) is 16.6 Å². The highest BCUT2D eigenvalue weighted by atomic mass is 35.5. The number of rotatable bonds is 3.